The van der Waals surface area contributed by atoms with Gasteiger partial charge in [-0.2, -0.15) is 0 Å². The lowest BCUT2D eigenvalue weighted by Gasteiger charge is -2.29. The van der Waals surface area contributed by atoms with E-state index in [1.165, 1.54) is 11.8 Å². The summed E-state index contributed by atoms with van der Waals surface area (Å²) in [6.45, 7) is 0.199. The van der Waals surface area contributed by atoms with Crippen molar-refractivity contribution < 1.29 is 20.1 Å². The molecule has 0 atom stereocenters. The van der Waals surface area contributed by atoms with Gasteiger partial charge in [-0.3, -0.25) is 4.79 Å². The molecule has 0 aliphatic heterocycles. The number of carbonyl (C=O) groups is 1. The first-order valence-electron chi connectivity index (χ1n) is 5.81. The lowest BCUT2D eigenvalue weighted by Crippen LogP contribution is -2.57. The summed E-state index contributed by atoms with van der Waals surface area (Å²) in [5.41, 5.74) is -0.150. The Morgan fingerprint density at radius 3 is 2.32 bits per heavy atom. The number of amides is 1. The van der Waals surface area contributed by atoms with Crippen LogP contribution in [0.25, 0.3) is 0 Å². The summed E-state index contributed by atoms with van der Waals surface area (Å²) in [6.07, 6.45) is 1.91. The van der Waals surface area contributed by atoms with E-state index in [-0.39, 0.29) is 0 Å². The number of rotatable bonds is 6. The van der Waals surface area contributed by atoms with Crippen LogP contribution in [0, 0.1) is 6.92 Å². The van der Waals surface area contributed by atoms with Gasteiger partial charge in [0.05, 0.1) is 19.8 Å². The molecule has 0 aromatic heterocycles. The largest absolute Gasteiger partial charge is 0.394 e. The average molecular weight is 285 g/mol. The number of hydrogen-bond acceptors (Lipinski definition) is 5. The lowest BCUT2D eigenvalue weighted by molar-refractivity contribution is 0.0375. The van der Waals surface area contributed by atoms with Crippen molar-refractivity contribution in [3.63, 3.8) is 0 Å². The minimum absolute atomic E-state index is 0.425. The van der Waals surface area contributed by atoms with Crippen molar-refractivity contribution in [3.05, 3.63) is 29.3 Å². The Morgan fingerprint density at radius 2 is 1.84 bits per heavy atom. The molecule has 6 heteroatoms. The predicted octanol–water partition coefficient (Wildman–Crippen LogP) is 0.162. The molecule has 1 amide bonds. The molecule has 0 saturated carbocycles. The van der Waals surface area contributed by atoms with Gasteiger partial charge in [0.15, 0.2) is 0 Å². The molecule has 1 rings (SSSR count). The number of aliphatic hydroxyl groups is 3. The highest BCUT2D eigenvalue weighted by molar-refractivity contribution is 7.98. The monoisotopic (exact) mass is 285 g/mol. The molecule has 19 heavy (non-hydrogen) atoms. The molecule has 0 spiro atoms. The van der Waals surface area contributed by atoms with E-state index in [0.717, 1.165) is 10.5 Å². The van der Waals surface area contributed by atoms with Crippen molar-refractivity contribution in [2.45, 2.75) is 17.4 Å². The van der Waals surface area contributed by atoms with Gasteiger partial charge in [-0.25, -0.2) is 0 Å². The zero-order valence-corrected chi connectivity index (χ0v) is 11.8. The second-order valence-electron chi connectivity index (χ2n) is 4.39. The summed E-state index contributed by atoms with van der Waals surface area (Å²) in [5, 5.41) is 30.1. The highest BCUT2D eigenvalue weighted by Gasteiger charge is 2.30. The number of aliphatic hydroxyl groups excluding tert-OH is 3. The van der Waals surface area contributed by atoms with Crippen LogP contribution in [0.1, 0.15) is 15.9 Å². The molecule has 106 valence electrons. The molecule has 0 fully saturated rings. The number of hydrogen-bond donors (Lipinski definition) is 4. The molecule has 0 heterocycles. The zero-order chi connectivity index (χ0) is 14.5. The lowest BCUT2D eigenvalue weighted by atomic mass is 10.0. The second-order valence-corrected chi connectivity index (χ2v) is 5.27. The molecule has 0 aliphatic rings. The van der Waals surface area contributed by atoms with Crippen LogP contribution in [-0.2, 0) is 0 Å². The van der Waals surface area contributed by atoms with Crippen LogP contribution in [0.15, 0.2) is 23.1 Å². The van der Waals surface area contributed by atoms with Crippen LogP contribution < -0.4 is 5.32 Å². The van der Waals surface area contributed by atoms with Crippen molar-refractivity contribution in [2.24, 2.45) is 0 Å². The first-order valence-corrected chi connectivity index (χ1v) is 7.04. The highest BCUT2D eigenvalue weighted by Crippen LogP contribution is 2.19. The SMILES string of the molecule is CSc1ccc(C)c(C(=O)NC(CO)(CO)CO)c1. The van der Waals surface area contributed by atoms with E-state index in [1.807, 2.05) is 18.4 Å². The molecule has 1 aromatic carbocycles. The highest BCUT2D eigenvalue weighted by atomic mass is 32.2. The molecule has 5 nitrogen and oxygen atoms in total. The number of aryl methyl sites for hydroxylation is 1. The van der Waals surface area contributed by atoms with Crippen LogP contribution in [0.4, 0.5) is 0 Å². The Hall–Kier alpha value is -1.08. The maximum absolute atomic E-state index is 12.2. The molecule has 0 unspecified atom stereocenters. The zero-order valence-electron chi connectivity index (χ0n) is 11.0. The van der Waals surface area contributed by atoms with Crippen LogP contribution in [0.3, 0.4) is 0 Å². The number of nitrogens with one attached hydrogen (secondary N) is 1. The maximum Gasteiger partial charge on any atom is 0.252 e. The van der Waals surface area contributed by atoms with Crippen LogP contribution in [0.5, 0.6) is 0 Å². The molecular weight excluding hydrogens is 266 g/mol. The fourth-order valence-corrected chi connectivity index (χ4v) is 1.99. The van der Waals surface area contributed by atoms with Crippen molar-refractivity contribution in [3.8, 4) is 0 Å². The van der Waals surface area contributed by atoms with E-state index in [9.17, 15) is 20.1 Å². The molecule has 0 aliphatic carbocycles. The summed E-state index contributed by atoms with van der Waals surface area (Å²) < 4.78 is 0. The average Bonchev–Trinajstić information content (AvgIpc) is 2.45. The third-order valence-electron chi connectivity index (χ3n) is 2.98. The van der Waals surface area contributed by atoms with E-state index in [0.29, 0.717) is 5.56 Å². The number of thioether (sulfide) groups is 1. The van der Waals surface area contributed by atoms with Crippen LogP contribution in [-0.4, -0.2) is 52.8 Å². The minimum atomic E-state index is -1.40. The first kappa shape index (κ1) is 16.0. The Kier molecular flexibility index (Phi) is 5.81. The van der Waals surface area contributed by atoms with Gasteiger partial charge in [0.2, 0.25) is 0 Å². The first-order chi connectivity index (χ1) is 9.01. The number of carbonyl (C=O) groups excluding carboxylic acids is 1. The maximum atomic E-state index is 12.2. The van der Waals surface area contributed by atoms with Gasteiger partial charge in [0, 0.05) is 10.5 Å². The minimum Gasteiger partial charge on any atom is -0.394 e. The summed E-state index contributed by atoms with van der Waals surface area (Å²) in [5.74, 6) is -0.425. The van der Waals surface area contributed by atoms with Gasteiger partial charge in [-0.05, 0) is 30.9 Å². The Balaban J connectivity index is 3.00. The fraction of sp³-hybridized carbons (Fsp3) is 0.462. The Morgan fingerprint density at radius 1 is 1.26 bits per heavy atom. The summed E-state index contributed by atoms with van der Waals surface area (Å²) in [4.78, 5) is 13.1. The third kappa shape index (κ3) is 3.70. The van der Waals surface area contributed by atoms with Crippen molar-refractivity contribution in [2.75, 3.05) is 26.1 Å². The van der Waals surface area contributed by atoms with Gasteiger partial charge in [0.25, 0.3) is 5.91 Å². The van der Waals surface area contributed by atoms with Gasteiger partial charge < -0.3 is 20.6 Å². The topological polar surface area (TPSA) is 89.8 Å². The Labute approximate surface area is 116 Å². The third-order valence-corrected chi connectivity index (χ3v) is 3.70. The van der Waals surface area contributed by atoms with E-state index in [4.69, 9.17) is 0 Å². The quantitative estimate of drug-likeness (QED) is 0.559. The summed E-state index contributed by atoms with van der Waals surface area (Å²) in [7, 11) is 0. The van der Waals surface area contributed by atoms with Crippen LogP contribution >= 0.6 is 11.8 Å². The van der Waals surface area contributed by atoms with E-state index < -0.39 is 31.3 Å². The molecule has 0 bridgehead atoms. The normalized spacial score (nSPS) is 11.4. The molecule has 0 radical (unpaired) electrons. The fourth-order valence-electron chi connectivity index (χ4n) is 1.55. The van der Waals surface area contributed by atoms with E-state index >= 15 is 0 Å². The molecule has 1 aromatic rings. The standard InChI is InChI=1S/C13H19NO4S/c1-9-3-4-10(19-2)5-11(9)12(18)14-13(6-15,7-16)8-17/h3-5,15-17H,6-8H2,1-2H3,(H,14,18). The predicted molar refractivity (Wildman–Crippen MR) is 74.4 cm³/mol. The van der Waals surface area contributed by atoms with Gasteiger partial charge in [-0.1, -0.05) is 6.07 Å². The summed E-state index contributed by atoms with van der Waals surface area (Å²) in [6, 6.07) is 5.49. The smallest absolute Gasteiger partial charge is 0.252 e. The molecule has 4 N–H and O–H groups in total. The van der Waals surface area contributed by atoms with Gasteiger partial charge in [0.1, 0.15) is 5.54 Å². The van der Waals surface area contributed by atoms with E-state index in [2.05, 4.69) is 5.32 Å². The van der Waals surface area contributed by atoms with Crippen molar-refractivity contribution in [1.29, 1.82) is 0 Å². The molecule has 0 saturated heterocycles. The van der Waals surface area contributed by atoms with Gasteiger partial charge in [-0.15, -0.1) is 11.8 Å². The van der Waals surface area contributed by atoms with Crippen LogP contribution in [0.2, 0.25) is 0 Å². The number of benzene rings is 1. The second kappa shape index (κ2) is 6.91. The summed E-state index contributed by atoms with van der Waals surface area (Å²) >= 11 is 1.52. The van der Waals surface area contributed by atoms with Crippen molar-refractivity contribution >= 4 is 17.7 Å². The molecular formula is C13H19NO4S. The van der Waals surface area contributed by atoms with Gasteiger partial charge >= 0.3 is 0 Å². The Bertz CT molecular complexity index is 438. The van der Waals surface area contributed by atoms with Crippen molar-refractivity contribution in [1.82, 2.24) is 5.32 Å². The van der Waals surface area contributed by atoms with E-state index in [1.54, 1.807) is 13.0 Å².